The van der Waals surface area contributed by atoms with Crippen LogP contribution in [0.3, 0.4) is 0 Å². The summed E-state index contributed by atoms with van der Waals surface area (Å²) < 4.78 is 17.0. The number of ether oxygens (including phenoxy) is 3. The summed E-state index contributed by atoms with van der Waals surface area (Å²) in [6, 6.07) is 19.5. The number of fused-ring (bicyclic) bond motifs is 3. The van der Waals surface area contributed by atoms with Gasteiger partial charge in [-0.2, -0.15) is 0 Å². The third kappa shape index (κ3) is 8.95. The van der Waals surface area contributed by atoms with Crippen molar-refractivity contribution in [3.8, 4) is 22.6 Å². The standard InChI is InChI=1S/C39H43NO6S/c1-4-39(43)46-22-10-9-21-45-31-13-15-33-34-16-14-32(25-36(34)28(3)35(33)24-31)47-26-29-11-12-30(23-27(29)2)44-20-8-6-5-7-19-40-37(41)17-18-38(40)42/h4,11-18,23-25,28H,1,5-10,19-22,26H2,2-3H3. The molecule has 3 aromatic rings. The molecule has 7 nitrogen and oxygen atoms in total. The van der Waals surface area contributed by atoms with E-state index < -0.39 is 0 Å². The second-order valence-electron chi connectivity index (χ2n) is 11.9. The van der Waals surface area contributed by atoms with Gasteiger partial charge in [-0.1, -0.05) is 44.5 Å². The lowest BCUT2D eigenvalue weighted by molar-refractivity contribution is -0.138. The van der Waals surface area contributed by atoms with Crippen LogP contribution in [0.1, 0.15) is 73.6 Å². The van der Waals surface area contributed by atoms with Crippen LogP contribution in [0.25, 0.3) is 11.1 Å². The van der Waals surface area contributed by atoms with Crippen LogP contribution in [0.5, 0.6) is 11.5 Å². The van der Waals surface area contributed by atoms with Crippen LogP contribution in [-0.2, 0) is 24.9 Å². The van der Waals surface area contributed by atoms with Crippen LogP contribution in [0.4, 0.5) is 0 Å². The number of thioether (sulfide) groups is 1. The fourth-order valence-corrected chi connectivity index (χ4v) is 6.93. The number of hydrogen-bond acceptors (Lipinski definition) is 7. The average molecular weight is 654 g/mol. The lowest BCUT2D eigenvalue weighted by Gasteiger charge is -2.13. The molecule has 0 N–H and O–H groups in total. The summed E-state index contributed by atoms with van der Waals surface area (Å²) in [6.45, 7) is 9.89. The van der Waals surface area contributed by atoms with Gasteiger partial charge in [0.25, 0.3) is 11.8 Å². The van der Waals surface area contributed by atoms with E-state index in [1.165, 1.54) is 61.4 Å². The van der Waals surface area contributed by atoms with Gasteiger partial charge in [0.1, 0.15) is 11.5 Å². The molecule has 0 spiro atoms. The molecule has 3 aromatic carbocycles. The van der Waals surface area contributed by atoms with Crippen molar-refractivity contribution in [3.63, 3.8) is 0 Å². The number of benzene rings is 3. The molecule has 246 valence electrons. The molecule has 1 heterocycles. The van der Waals surface area contributed by atoms with Crippen molar-refractivity contribution in [2.75, 3.05) is 26.4 Å². The Morgan fingerprint density at radius 1 is 0.809 bits per heavy atom. The quantitative estimate of drug-likeness (QED) is 0.0450. The Bertz CT molecular complexity index is 1630. The Morgan fingerprint density at radius 3 is 2.15 bits per heavy atom. The van der Waals surface area contributed by atoms with E-state index in [-0.39, 0.29) is 23.7 Å². The van der Waals surface area contributed by atoms with Gasteiger partial charge in [0, 0.05) is 41.3 Å². The lowest BCUT2D eigenvalue weighted by atomic mass is 9.99. The molecule has 2 amide bonds. The molecule has 0 aromatic heterocycles. The molecule has 5 rings (SSSR count). The van der Waals surface area contributed by atoms with E-state index in [9.17, 15) is 14.4 Å². The van der Waals surface area contributed by atoms with E-state index >= 15 is 0 Å². The molecule has 0 radical (unpaired) electrons. The minimum absolute atomic E-state index is 0.208. The Labute approximate surface area is 282 Å². The summed E-state index contributed by atoms with van der Waals surface area (Å²) in [5, 5.41) is 0. The largest absolute Gasteiger partial charge is 0.494 e. The zero-order valence-corrected chi connectivity index (χ0v) is 28.1. The third-order valence-electron chi connectivity index (χ3n) is 8.64. The first-order valence-electron chi connectivity index (χ1n) is 16.4. The van der Waals surface area contributed by atoms with Crippen molar-refractivity contribution in [2.24, 2.45) is 0 Å². The predicted molar refractivity (Wildman–Crippen MR) is 186 cm³/mol. The number of aryl methyl sites for hydroxylation is 1. The number of nitrogens with zero attached hydrogens (tertiary/aromatic N) is 1. The first-order chi connectivity index (χ1) is 22.8. The van der Waals surface area contributed by atoms with Crippen LogP contribution in [-0.4, -0.2) is 49.0 Å². The predicted octanol–water partition coefficient (Wildman–Crippen LogP) is 8.17. The van der Waals surface area contributed by atoms with Crippen LogP contribution in [0, 0.1) is 6.92 Å². The van der Waals surface area contributed by atoms with Crippen LogP contribution < -0.4 is 9.47 Å². The Hall–Kier alpha value is -4.30. The lowest BCUT2D eigenvalue weighted by Crippen LogP contribution is -2.30. The normalized spacial score (nSPS) is 14.7. The topological polar surface area (TPSA) is 82.1 Å². The van der Waals surface area contributed by atoms with Crippen molar-refractivity contribution in [1.82, 2.24) is 4.90 Å². The maximum Gasteiger partial charge on any atom is 0.330 e. The molecule has 1 unspecified atom stereocenters. The van der Waals surface area contributed by atoms with E-state index in [0.717, 1.165) is 55.8 Å². The molecule has 2 aliphatic rings. The number of imide groups is 1. The van der Waals surface area contributed by atoms with Crippen LogP contribution >= 0.6 is 11.8 Å². The zero-order valence-electron chi connectivity index (χ0n) is 27.3. The van der Waals surface area contributed by atoms with E-state index in [0.29, 0.717) is 26.4 Å². The van der Waals surface area contributed by atoms with Crippen molar-refractivity contribution >= 4 is 29.5 Å². The summed E-state index contributed by atoms with van der Waals surface area (Å²) in [5.74, 6) is 2.12. The number of carbonyl (C=O) groups is 3. The van der Waals surface area contributed by atoms with Crippen molar-refractivity contribution in [2.45, 2.75) is 68.9 Å². The first kappa shape index (κ1) is 34.0. The fourth-order valence-electron chi connectivity index (χ4n) is 5.91. The molecule has 0 saturated heterocycles. The van der Waals surface area contributed by atoms with Crippen LogP contribution in [0.15, 0.2) is 84.3 Å². The monoisotopic (exact) mass is 653 g/mol. The fraction of sp³-hybridized carbons (Fsp3) is 0.359. The Kier molecular flexibility index (Phi) is 12.0. The minimum atomic E-state index is -0.390. The highest BCUT2D eigenvalue weighted by Gasteiger charge is 2.26. The van der Waals surface area contributed by atoms with Crippen molar-refractivity contribution in [3.05, 3.63) is 102 Å². The number of hydrogen-bond donors (Lipinski definition) is 0. The Balaban J connectivity index is 1.04. The molecule has 47 heavy (non-hydrogen) atoms. The summed E-state index contributed by atoms with van der Waals surface area (Å²) in [6.07, 6.45) is 9.11. The number of esters is 1. The van der Waals surface area contributed by atoms with Crippen LogP contribution in [0.2, 0.25) is 0 Å². The first-order valence-corrected chi connectivity index (χ1v) is 17.4. The number of amides is 2. The number of unbranched alkanes of at least 4 members (excludes halogenated alkanes) is 4. The molecule has 0 bridgehead atoms. The summed E-state index contributed by atoms with van der Waals surface area (Å²) in [5.41, 5.74) is 7.71. The molecule has 0 fully saturated rings. The maximum atomic E-state index is 11.6. The average Bonchev–Trinajstić information content (AvgIpc) is 3.55. The van der Waals surface area contributed by atoms with E-state index in [2.05, 4.69) is 69.0 Å². The summed E-state index contributed by atoms with van der Waals surface area (Å²) in [7, 11) is 0. The van der Waals surface area contributed by atoms with Gasteiger partial charge in [-0.05, 0) is 102 Å². The molecule has 1 atom stereocenters. The van der Waals surface area contributed by atoms with Gasteiger partial charge in [0.15, 0.2) is 0 Å². The molecular formula is C39H43NO6S. The van der Waals surface area contributed by atoms with Gasteiger partial charge in [0.05, 0.1) is 19.8 Å². The van der Waals surface area contributed by atoms with E-state index in [1.807, 2.05) is 17.8 Å². The van der Waals surface area contributed by atoms with Gasteiger partial charge in [-0.15, -0.1) is 11.8 Å². The second kappa shape index (κ2) is 16.5. The molecule has 1 aliphatic heterocycles. The smallest absolute Gasteiger partial charge is 0.330 e. The van der Waals surface area contributed by atoms with Crippen molar-refractivity contribution in [1.29, 1.82) is 0 Å². The zero-order chi connectivity index (χ0) is 33.2. The highest BCUT2D eigenvalue weighted by atomic mass is 32.2. The van der Waals surface area contributed by atoms with E-state index in [1.54, 1.807) is 0 Å². The van der Waals surface area contributed by atoms with Gasteiger partial charge in [0.2, 0.25) is 0 Å². The molecular weight excluding hydrogens is 610 g/mol. The molecule has 8 heteroatoms. The molecule has 0 saturated carbocycles. The van der Waals surface area contributed by atoms with E-state index in [4.69, 9.17) is 14.2 Å². The third-order valence-corrected chi connectivity index (χ3v) is 9.68. The number of rotatable bonds is 18. The number of carbonyl (C=O) groups excluding carboxylic acids is 3. The highest BCUT2D eigenvalue weighted by Crippen LogP contribution is 2.47. The highest BCUT2D eigenvalue weighted by molar-refractivity contribution is 7.98. The van der Waals surface area contributed by atoms with Gasteiger partial charge in [-0.3, -0.25) is 14.5 Å². The molecule has 1 aliphatic carbocycles. The van der Waals surface area contributed by atoms with Crippen molar-refractivity contribution < 1.29 is 28.6 Å². The Morgan fingerprint density at radius 2 is 1.43 bits per heavy atom. The second-order valence-corrected chi connectivity index (χ2v) is 13.0. The SMILES string of the molecule is C=CC(=O)OCCCCOc1ccc2c(c1)C(C)c1cc(SCc3ccc(OCCCCCCN4C(=O)C=CC4=O)cc3C)ccc1-2. The van der Waals surface area contributed by atoms with Gasteiger partial charge < -0.3 is 14.2 Å². The minimum Gasteiger partial charge on any atom is -0.494 e. The maximum absolute atomic E-state index is 11.6. The van der Waals surface area contributed by atoms with Gasteiger partial charge in [-0.25, -0.2) is 4.79 Å². The summed E-state index contributed by atoms with van der Waals surface area (Å²) >= 11 is 1.85. The van der Waals surface area contributed by atoms with Gasteiger partial charge >= 0.3 is 5.97 Å². The summed E-state index contributed by atoms with van der Waals surface area (Å²) in [4.78, 5) is 36.9.